The predicted octanol–water partition coefficient (Wildman–Crippen LogP) is 1.42. The Morgan fingerprint density at radius 3 is 2.46 bits per heavy atom. The minimum atomic E-state index is -1.24. The molecule has 5 N–H and O–H groups in total. The van der Waals surface area contributed by atoms with Gasteiger partial charge in [-0.15, -0.1) is 0 Å². The highest BCUT2D eigenvalue weighted by atomic mass is 19.1. The summed E-state index contributed by atoms with van der Waals surface area (Å²) < 4.78 is 19.5. The molecular weight excluding hydrogens is 531 g/mol. The van der Waals surface area contributed by atoms with Crippen molar-refractivity contribution in [2.24, 2.45) is 0 Å². The number of nitrogens with one attached hydrogen (secondary N) is 3. The van der Waals surface area contributed by atoms with Crippen LogP contribution >= 0.6 is 0 Å². The molecule has 222 valence electrons. The number of carbonyl (C=O) groups is 3. The lowest BCUT2D eigenvalue weighted by Crippen LogP contribution is -2.59. The highest BCUT2D eigenvalue weighted by Crippen LogP contribution is 2.39. The molecule has 2 aromatic carbocycles. The summed E-state index contributed by atoms with van der Waals surface area (Å²) in [6, 6.07) is 7.87. The maximum atomic E-state index is 13.5. The number of benzene rings is 2. The average molecular weight is 571 g/mol. The largest absolute Gasteiger partial charge is 0.504 e. The van der Waals surface area contributed by atoms with Crippen LogP contribution in [0, 0.1) is 5.82 Å². The van der Waals surface area contributed by atoms with Crippen LogP contribution < -0.4 is 20.7 Å². The summed E-state index contributed by atoms with van der Waals surface area (Å²) >= 11 is 0. The summed E-state index contributed by atoms with van der Waals surface area (Å²) in [4.78, 5) is 41.3. The molecule has 41 heavy (non-hydrogen) atoms. The molecule has 0 bridgehead atoms. The van der Waals surface area contributed by atoms with Gasteiger partial charge in [0.15, 0.2) is 11.5 Å². The lowest BCUT2D eigenvalue weighted by molar-refractivity contribution is -0.143. The molecule has 11 heteroatoms. The average Bonchev–Trinajstić information content (AvgIpc) is 3.69. The molecule has 0 spiro atoms. The Kier molecular flexibility index (Phi) is 9.49. The molecule has 1 saturated carbocycles. The van der Waals surface area contributed by atoms with E-state index in [9.17, 15) is 29.0 Å². The van der Waals surface area contributed by atoms with Crippen molar-refractivity contribution >= 4 is 17.7 Å². The van der Waals surface area contributed by atoms with Gasteiger partial charge in [0.2, 0.25) is 17.7 Å². The number of fused-ring (bicyclic) bond motifs is 1. The molecule has 3 amide bonds. The first-order valence-corrected chi connectivity index (χ1v) is 14.0. The van der Waals surface area contributed by atoms with Crippen molar-refractivity contribution in [1.82, 2.24) is 20.9 Å². The number of aromatic hydroxyl groups is 1. The standard InChI is InChI=1S/C30H39FN4O6/c1-18-17-33-26(30(40)13-14-30)29(39)35(3)19(2)27(37)34-23(16-20-9-11-22(31)12-10-20)28(38)32-15-5-7-21-6-4-8-24(36)25(21)41-18/h4,6,8-12,18-19,23,26,33,36,40H,5,7,13-17H2,1-3H3,(H,32,38)(H,34,37). The van der Waals surface area contributed by atoms with E-state index < -0.39 is 53.4 Å². The number of para-hydroxylation sites is 1. The third-order valence-electron chi connectivity index (χ3n) is 7.77. The van der Waals surface area contributed by atoms with Crippen LogP contribution in [-0.2, 0) is 27.2 Å². The van der Waals surface area contributed by atoms with Gasteiger partial charge < -0.3 is 30.5 Å². The number of aryl methyl sites for hydroxylation is 1. The van der Waals surface area contributed by atoms with E-state index in [-0.39, 0.29) is 18.7 Å². The monoisotopic (exact) mass is 570 g/mol. The second-order valence-electron chi connectivity index (χ2n) is 11.1. The van der Waals surface area contributed by atoms with Crippen LogP contribution in [0.15, 0.2) is 42.5 Å². The van der Waals surface area contributed by atoms with Gasteiger partial charge in [0.1, 0.15) is 30.0 Å². The first-order valence-electron chi connectivity index (χ1n) is 14.0. The fraction of sp³-hybridized carbons (Fsp3) is 0.500. The van der Waals surface area contributed by atoms with E-state index in [2.05, 4.69) is 16.0 Å². The van der Waals surface area contributed by atoms with E-state index in [4.69, 9.17) is 4.74 Å². The Morgan fingerprint density at radius 2 is 1.78 bits per heavy atom. The summed E-state index contributed by atoms with van der Waals surface area (Å²) in [5.41, 5.74) is 0.167. The Hall–Kier alpha value is -3.70. The molecule has 0 radical (unpaired) electrons. The van der Waals surface area contributed by atoms with Gasteiger partial charge in [-0.1, -0.05) is 24.3 Å². The Morgan fingerprint density at radius 1 is 1.07 bits per heavy atom. The van der Waals surface area contributed by atoms with Gasteiger partial charge in [-0.25, -0.2) is 4.39 Å². The van der Waals surface area contributed by atoms with Gasteiger partial charge in [0.05, 0.1) is 5.60 Å². The molecule has 0 aromatic heterocycles. The van der Waals surface area contributed by atoms with Crippen LogP contribution in [0.2, 0.25) is 0 Å². The predicted molar refractivity (Wildman–Crippen MR) is 150 cm³/mol. The van der Waals surface area contributed by atoms with Gasteiger partial charge in [-0.3, -0.25) is 19.7 Å². The number of hydrogen-bond acceptors (Lipinski definition) is 7. The molecular formula is C30H39FN4O6. The van der Waals surface area contributed by atoms with Crippen LogP contribution in [0.3, 0.4) is 0 Å². The van der Waals surface area contributed by atoms with Crippen LogP contribution in [-0.4, -0.2) is 82.8 Å². The second kappa shape index (κ2) is 12.9. The van der Waals surface area contributed by atoms with E-state index in [0.717, 1.165) is 5.56 Å². The zero-order chi connectivity index (χ0) is 29.7. The van der Waals surface area contributed by atoms with E-state index in [1.165, 1.54) is 30.1 Å². The summed E-state index contributed by atoms with van der Waals surface area (Å²) in [5.74, 6) is -1.52. The van der Waals surface area contributed by atoms with Crippen molar-refractivity contribution in [2.45, 2.75) is 75.8 Å². The molecule has 1 heterocycles. The molecule has 10 nitrogen and oxygen atoms in total. The maximum Gasteiger partial charge on any atom is 0.243 e. The van der Waals surface area contributed by atoms with Crippen molar-refractivity contribution in [1.29, 1.82) is 0 Å². The summed E-state index contributed by atoms with van der Waals surface area (Å²) in [7, 11) is 1.48. The molecule has 4 unspecified atom stereocenters. The lowest BCUT2D eigenvalue weighted by Gasteiger charge is -2.32. The zero-order valence-electron chi connectivity index (χ0n) is 23.7. The van der Waals surface area contributed by atoms with E-state index in [1.807, 2.05) is 6.07 Å². The number of amides is 3. The number of halogens is 1. The van der Waals surface area contributed by atoms with Crippen LogP contribution in [0.25, 0.3) is 0 Å². The second-order valence-corrected chi connectivity index (χ2v) is 11.1. The molecule has 2 aromatic rings. The fourth-order valence-corrected chi connectivity index (χ4v) is 4.90. The third kappa shape index (κ3) is 7.53. The fourth-order valence-electron chi connectivity index (χ4n) is 4.90. The number of carbonyl (C=O) groups excluding carboxylic acids is 3. The van der Waals surface area contributed by atoms with Crippen molar-refractivity contribution in [3.8, 4) is 11.5 Å². The minimum absolute atomic E-state index is 0.0168. The van der Waals surface area contributed by atoms with Crippen LogP contribution in [0.4, 0.5) is 4.39 Å². The van der Waals surface area contributed by atoms with E-state index in [1.54, 1.807) is 32.0 Å². The Bertz CT molecular complexity index is 1250. The van der Waals surface area contributed by atoms with Crippen molar-refractivity contribution < 1.29 is 33.7 Å². The molecule has 4 rings (SSSR count). The van der Waals surface area contributed by atoms with Crippen molar-refractivity contribution in [3.63, 3.8) is 0 Å². The van der Waals surface area contributed by atoms with Crippen LogP contribution in [0.5, 0.6) is 11.5 Å². The molecule has 2 aliphatic rings. The highest BCUT2D eigenvalue weighted by Gasteiger charge is 2.52. The normalized spacial score (nSPS) is 26.1. The van der Waals surface area contributed by atoms with Gasteiger partial charge in [0, 0.05) is 26.6 Å². The number of rotatable bonds is 3. The zero-order valence-corrected chi connectivity index (χ0v) is 23.7. The highest BCUT2D eigenvalue weighted by molar-refractivity contribution is 5.93. The Balaban J connectivity index is 1.61. The number of hydrogen-bond donors (Lipinski definition) is 5. The van der Waals surface area contributed by atoms with E-state index >= 15 is 0 Å². The summed E-state index contributed by atoms with van der Waals surface area (Å²) in [6.07, 6.45) is 1.57. The smallest absolute Gasteiger partial charge is 0.243 e. The Labute approximate surface area is 239 Å². The molecule has 1 aliphatic heterocycles. The molecule has 0 saturated heterocycles. The number of likely N-dealkylation sites (N-methyl/N-ethyl adjacent to an activating group) is 1. The summed E-state index contributed by atoms with van der Waals surface area (Å²) in [6.45, 7) is 3.85. The number of phenolic OH excluding ortho intramolecular Hbond substituents is 1. The first kappa shape index (κ1) is 30.3. The first-order chi connectivity index (χ1) is 19.5. The van der Waals surface area contributed by atoms with E-state index in [0.29, 0.717) is 43.5 Å². The number of ether oxygens (including phenoxy) is 1. The van der Waals surface area contributed by atoms with Gasteiger partial charge in [0.25, 0.3) is 0 Å². The number of nitrogens with zero attached hydrogens (tertiary/aromatic N) is 1. The topological polar surface area (TPSA) is 140 Å². The van der Waals surface area contributed by atoms with Crippen molar-refractivity contribution in [3.05, 3.63) is 59.4 Å². The SMILES string of the molecule is CC1CNC(C2(O)CC2)C(=O)N(C)C(C)C(=O)NC(Cc2ccc(F)cc2)C(=O)NCCCc2cccc(O)c2O1. The van der Waals surface area contributed by atoms with Gasteiger partial charge >= 0.3 is 0 Å². The summed E-state index contributed by atoms with van der Waals surface area (Å²) in [5, 5.41) is 30.2. The minimum Gasteiger partial charge on any atom is -0.504 e. The lowest BCUT2D eigenvalue weighted by atomic mass is 10.0. The maximum absolute atomic E-state index is 13.5. The number of aliphatic hydroxyl groups is 1. The quantitative estimate of drug-likeness (QED) is 0.376. The van der Waals surface area contributed by atoms with Crippen LogP contribution in [0.1, 0.15) is 44.2 Å². The van der Waals surface area contributed by atoms with Gasteiger partial charge in [-0.2, -0.15) is 0 Å². The number of phenols is 1. The van der Waals surface area contributed by atoms with Crippen molar-refractivity contribution in [2.75, 3.05) is 20.1 Å². The van der Waals surface area contributed by atoms with Gasteiger partial charge in [-0.05, 0) is 68.9 Å². The molecule has 1 aliphatic carbocycles. The molecule has 1 fully saturated rings. The molecule has 4 atom stereocenters. The third-order valence-corrected chi connectivity index (χ3v) is 7.77.